The summed E-state index contributed by atoms with van der Waals surface area (Å²) in [6.45, 7) is 1.32. The summed E-state index contributed by atoms with van der Waals surface area (Å²) in [5, 5.41) is 0. The third-order valence-corrected chi connectivity index (χ3v) is 0.782. The summed E-state index contributed by atoms with van der Waals surface area (Å²) in [6, 6.07) is 0. The molecule has 0 rings (SSSR count). The zero-order valence-corrected chi connectivity index (χ0v) is 6.86. The van der Waals surface area contributed by atoms with E-state index in [1.54, 1.807) is 6.92 Å². The quantitative estimate of drug-likeness (QED) is 0.472. The second-order valence-corrected chi connectivity index (χ2v) is 1.54. The van der Waals surface area contributed by atoms with Crippen molar-refractivity contribution in [2.75, 3.05) is 20.5 Å². The Balaban J connectivity index is 3.30. The molecule has 12 heavy (non-hydrogen) atoms. The van der Waals surface area contributed by atoms with Gasteiger partial charge in [-0.25, -0.2) is 9.59 Å². The fourth-order valence-corrected chi connectivity index (χ4v) is 0.344. The zero-order chi connectivity index (χ0) is 9.40. The maximum Gasteiger partial charge on any atom is 0.511 e. The maximum absolute atomic E-state index is 10.4. The minimum absolute atomic E-state index is 0.205. The summed E-state index contributed by atoms with van der Waals surface area (Å²) in [5.41, 5.74) is 0. The fourth-order valence-electron chi connectivity index (χ4n) is 0.344. The summed E-state index contributed by atoms with van der Waals surface area (Å²) in [7, 11) is 1.15. The van der Waals surface area contributed by atoms with Gasteiger partial charge in [0.1, 0.15) is 0 Å². The van der Waals surface area contributed by atoms with Crippen molar-refractivity contribution in [3.63, 3.8) is 0 Å². The molecule has 0 atom stereocenters. The highest BCUT2D eigenvalue weighted by Crippen LogP contribution is 1.87. The largest absolute Gasteiger partial charge is 0.511 e. The van der Waals surface area contributed by atoms with E-state index >= 15 is 0 Å². The molecule has 0 heterocycles. The molecule has 0 aromatic carbocycles. The monoisotopic (exact) mass is 178 g/mol. The van der Waals surface area contributed by atoms with Crippen molar-refractivity contribution in [1.82, 2.24) is 0 Å². The van der Waals surface area contributed by atoms with E-state index in [-0.39, 0.29) is 6.61 Å². The zero-order valence-electron chi connectivity index (χ0n) is 6.86. The maximum atomic E-state index is 10.4. The van der Waals surface area contributed by atoms with Gasteiger partial charge in [0.15, 0.2) is 0 Å². The standard InChI is InChI=1S/C6H10O6/c1-3-10-6(8)12-4-11-5(7)9-2/h3-4H2,1-2H3. The van der Waals surface area contributed by atoms with Gasteiger partial charge < -0.3 is 18.9 Å². The van der Waals surface area contributed by atoms with Gasteiger partial charge in [-0.15, -0.1) is 0 Å². The molecule has 0 aliphatic carbocycles. The summed E-state index contributed by atoms with van der Waals surface area (Å²) >= 11 is 0. The molecule has 0 fully saturated rings. The van der Waals surface area contributed by atoms with Crippen LogP contribution in [-0.4, -0.2) is 32.8 Å². The summed E-state index contributed by atoms with van der Waals surface area (Å²) in [6.07, 6.45) is -1.80. The van der Waals surface area contributed by atoms with E-state index in [1.165, 1.54) is 0 Å². The summed E-state index contributed by atoms with van der Waals surface area (Å²) in [4.78, 5) is 20.7. The summed E-state index contributed by atoms with van der Waals surface area (Å²) < 4.78 is 17.0. The van der Waals surface area contributed by atoms with Gasteiger partial charge in [-0.1, -0.05) is 0 Å². The van der Waals surface area contributed by atoms with Crippen LogP contribution in [-0.2, 0) is 18.9 Å². The van der Waals surface area contributed by atoms with Crippen molar-refractivity contribution in [3.8, 4) is 0 Å². The average Bonchev–Trinajstić information content (AvgIpc) is 2.04. The molecule has 0 amide bonds. The van der Waals surface area contributed by atoms with E-state index < -0.39 is 19.1 Å². The first-order valence-corrected chi connectivity index (χ1v) is 3.21. The molecular weight excluding hydrogens is 168 g/mol. The Hall–Kier alpha value is -1.46. The van der Waals surface area contributed by atoms with Gasteiger partial charge in [0.2, 0.25) is 6.79 Å². The molecule has 0 bridgehead atoms. The highest BCUT2D eigenvalue weighted by atomic mass is 16.8. The first kappa shape index (κ1) is 10.5. The Bertz CT molecular complexity index is 154. The lowest BCUT2D eigenvalue weighted by molar-refractivity contribution is -0.0323. The van der Waals surface area contributed by atoms with E-state index in [2.05, 4.69) is 18.9 Å². The first-order valence-electron chi connectivity index (χ1n) is 3.21. The van der Waals surface area contributed by atoms with Crippen molar-refractivity contribution >= 4 is 12.3 Å². The van der Waals surface area contributed by atoms with E-state index in [0.717, 1.165) is 7.11 Å². The average molecular weight is 178 g/mol. The molecule has 0 N–H and O–H groups in total. The van der Waals surface area contributed by atoms with Gasteiger partial charge >= 0.3 is 12.3 Å². The van der Waals surface area contributed by atoms with Gasteiger partial charge in [-0.3, -0.25) is 0 Å². The number of carbonyl (C=O) groups excluding carboxylic acids is 2. The molecular formula is C6H10O6. The molecule has 70 valence electrons. The van der Waals surface area contributed by atoms with Crippen LogP contribution in [0.3, 0.4) is 0 Å². The van der Waals surface area contributed by atoms with Crippen molar-refractivity contribution in [1.29, 1.82) is 0 Å². The molecule has 0 spiro atoms. The van der Waals surface area contributed by atoms with E-state index in [9.17, 15) is 9.59 Å². The highest BCUT2D eigenvalue weighted by molar-refractivity contribution is 5.61. The van der Waals surface area contributed by atoms with Gasteiger partial charge in [0.25, 0.3) is 0 Å². The Labute approximate surface area is 69.3 Å². The van der Waals surface area contributed by atoms with E-state index in [0.29, 0.717) is 0 Å². The van der Waals surface area contributed by atoms with Crippen LogP contribution in [0.25, 0.3) is 0 Å². The van der Waals surface area contributed by atoms with Crippen LogP contribution in [0.4, 0.5) is 9.59 Å². The van der Waals surface area contributed by atoms with Crippen molar-refractivity contribution < 1.29 is 28.5 Å². The Morgan fingerprint density at radius 3 is 2.17 bits per heavy atom. The minimum Gasteiger partial charge on any atom is -0.438 e. The fraction of sp³-hybridized carbons (Fsp3) is 0.667. The molecule has 0 radical (unpaired) electrons. The predicted molar refractivity (Wildman–Crippen MR) is 36.5 cm³/mol. The SMILES string of the molecule is CCOC(=O)OCOC(=O)OC. The number of rotatable bonds is 3. The lowest BCUT2D eigenvalue weighted by atomic mass is 10.9. The van der Waals surface area contributed by atoms with Crippen molar-refractivity contribution in [2.24, 2.45) is 0 Å². The molecule has 0 aromatic rings. The number of hydrogen-bond acceptors (Lipinski definition) is 6. The first-order chi connectivity index (χ1) is 5.70. The number of hydrogen-bond donors (Lipinski definition) is 0. The normalized spacial score (nSPS) is 8.50. The van der Waals surface area contributed by atoms with Gasteiger partial charge in [-0.2, -0.15) is 0 Å². The summed E-state index contributed by atoms with van der Waals surface area (Å²) in [5.74, 6) is 0. The Morgan fingerprint density at radius 2 is 1.67 bits per heavy atom. The van der Waals surface area contributed by atoms with Crippen molar-refractivity contribution in [2.45, 2.75) is 6.92 Å². The van der Waals surface area contributed by atoms with Gasteiger partial charge in [0.05, 0.1) is 13.7 Å². The van der Waals surface area contributed by atoms with Gasteiger partial charge in [-0.05, 0) is 6.92 Å². The Kier molecular flexibility index (Phi) is 5.50. The molecule has 0 saturated heterocycles. The number of ether oxygens (including phenoxy) is 4. The van der Waals surface area contributed by atoms with Crippen LogP contribution in [0.15, 0.2) is 0 Å². The molecule has 0 aromatic heterocycles. The molecule has 6 nitrogen and oxygen atoms in total. The second-order valence-electron chi connectivity index (χ2n) is 1.54. The molecule has 6 heteroatoms. The van der Waals surface area contributed by atoms with Crippen LogP contribution in [0, 0.1) is 0 Å². The molecule has 0 aliphatic heterocycles. The minimum atomic E-state index is -0.917. The predicted octanol–water partition coefficient (Wildman–Crippen LogP) is 0.900. The molecule has 0 saturated carbocycles. The third-order valence-electron chi connectivity index (χ3n) is 0.782. The lowest BCUT2D eigenvalue weighted by Crippen LogP contribution is -2.13. The number of methoxy groups -OCH3 is 1. The molecule has 0 unspecified atom stereocenters. The molecule has 0 aliphatic rings. The lowest BCUT2D eigenvalue weighted by Gasteiger charge is -2.03. The third kappa shape index (κ3) is 5.33. The Morgan fingerprint density at radius 1 is 1.08 bits per heavy atom. The van der Waals surface area contributed by atoms with Crippen LogP contribution >= 0.6 is 0 Å². The van der Waals surface area contributed by atoms with E-state index in [4.69, 9.17) is 0 Å². The topological polar surface area (TPSA) is 71.1 Å². The second kappa shape index (κ2) is 6.26. The van der Waals surface area contributed by atoms with Crippen LogP contribution in [0.2, 0.25) is 0 Å². The van der Waals surface area contributed by atoms with Crippen LogP contribution < -0.4 is 0 Å². The highest BCUT2D eigenvalue weighted by Gasteiger charge is 2.04. The van der Waals surface area contributed by atoms with Gasteiger partial charge in [0, 0.05) is 0 Å². The van der Waals surface area contributed by atoms with E-state index in [1.807, 2.05) is 0 Å². The van der Waals surface area contributed by atoms with Crippen LogP contribution in [0.5, 0.6) is 0 Å². The van der Waals surface area contributed by atoms with Crippen LogP contribution in [0.1, 0.15) is 6.92 Å². The van der Waals surface area contributed by atoms with Crippen molar-refractivity contribution in [3.05, 3.63) is 0 Å². The smallest absolute Gasteiger partial charge is 0.438 e. The number of carbonyl (C=O) groups is 2.